The van der Waals surface area contributed by atoms with Crippen molar-refractivity contribution in [3.8, 4) is 0 Å². The molecular weight excluding hydrogens is 304 g/mol. The number of amides is 1. The van der Waals surface area contributed by atoms with Gasteiger partial charge in [-0.1, -0.05) is 15.9 Å². The lowest BCUT2D eigenvalue weighted by Gasteiger charge is -2.07. The van der Waals surface area contributed by atoms with E-state index in [4.69, 9.17) is 0 Å². The summed E-state index contributed by atoms with van der Waals surface area (Å²) >= 11 is 3.36. The third-order valence-electron chi connectivity index (χ3n) is 2.63. The highest BCUT2D eigenvalue weighted by Crippen LogP contribution is 2.16. The molecule has 3 nitrogen and oxygen atoms in total. The Morgan fingerprint density at radius 3 is 2.16 bits per heavy atom. The number of nitrogens with one attached hydrogen (secondary N) is 2. The van der Waals surface area contributed by atoms with Gasteiger partial charge in [0, 0.05) is 28.0 Å². The van der Waals surface area contributed by atoms with Crippen molar-refractivity contribution >= 4 is 33.2 Å². The van der Waals surface area contributed by atoms with Gasteiger partial charge in [-0.3, -0.25) is 4.79 Å². The molecule has 0 saturated carbocycles. The molecule has 0 aliphatic rings. The molecule has 0 atom stereocenters. The molecule has 0 aliphatic heterocycles. The largest absolute Gasteiger partial charge is 0.385 e. The van der Waals surface area contributed by atoms with Crippen LogP contribution in [0.4, 0.5) is 11.4 Å². The number of carbonyl (C=O) groups excluding carboxylic acids is 1. The lowest BCUT2D eigenvalue weighted by Crippen LogP contribution is -2.11. The van der Waals surface area contributed by atoms with Gasteiger partial charge < -0.3 is 10.6 Å². The Hall–Kier alpha value is -1.81. The smallest absolute Gasteiger partial charge is 0.255 e. The van der Waals surface area contributed by atoms with Crippen molar-refractivity contribution in [3.63, 3.8) is 0 Å². The average molecular weight is 319 g/mol. The van der Waals surface area contributed by atoms with E-state index in [0.29, 0.717) is 5.56 Å². The third-order valence-corrected chi connectivity index (χ3v) is 3.16. The zero-order valence-corrected chi connectivity index (χ0v) is 12.2. The summed E-state index contributed by atoms with van der Waals surface area (Å²) in [5.41, 5.74) is 2.44. The Balaban J connectivity index is 2.05. The van der Waals surface area contributed by atoms with E-state index in [1.807, 2.05) is 55.5 Å². The van der Waals surface area contributed by atoms with Gasteiger partial charge in [-0.15, -0.1) is 0 Å². The molecule has 0 spiro atoms. The predicted octanol–water partition coefficient (Wildman–Crippen LogP) is 4.13. The van der Waals surface area contributed by atoms with E-state index in [2.05, 4.69) is 26.6 Å². The molecule has 0 heterocycles. The number of halogens is 1. The molecule has 0 bridgehead atoms. The highest BCUT2D eigenvalue weighted by molar-refractivity contribution is 9.10. The topological polar surface area (TPSA) is 41.1 Å². The van der Waals surface area contributed by atoms with E-state index in [-0.39, 0.29) is 5.91 Å². The van der Waals surface area contributed by atoms with Crippen molar-refractivity contribution in [2.45, 2.75) is 6.92 Å². The van der Waals surface area contributed by atoms with Crippen LogP contribution in [0.15, 0.2) is 53.0 Å². The monoisotopic (exact) mass is 318 g/mol. The van der Waals surface area contributed by atoms with E-state index >= 15 is 0 Å². The highest BCUT2D eigenvalue weighted by atomic mass is 79.9. The van der Waals surface area contributed by atoms with E-state index in [9.17, 15) is 4.79 Å². The van der Waals surface area contributed by atoms with Crippen LogP contribution in [-0.2, 0) is 0 Å². The van der Waals surface area contributed by atoms with Crippen LogP contribution in [-0.4, -0.2) is 12.5 Å². The van der Waals surface area contributed by atoms with Gasteiger partial charge in [0.05, 0.1) is 0 Å². The lowest BCUT2D eigenvalue weighted by molar-refractivity contribution is 0.102. The van der Waals surface area contributed by atoms with Crippen LogP contribution >= 0.6 is 15.9 Å². The molecule has 4 heteroatoms. The number of benzene rings is 2. The minimum Gasteiger partial charge on any atom is -0.385 e. The molecule has 0 radical (unpaired) electrons. The van der Waals surface area contributed by atoms with Gasteiger partial charge in [-0.2, -0.15) is 0 Å². The van der Waals surface area contributed by atoms with Crippen LogP contribution in [0, 0.1) is 0 Å². The fourth-order valence-electron chi connectivity index (χ4n) is 1.68. The molecule has 98 valence electrons. The fourth-order valence-corrected chi connectivity index (χ4v) is 1.94. The zero-order chi connectivity index (χ0) is 13.7. The molecule has 0 unspecified atom stereocenters. The van der Waals surface area contributed by atoms with Gasteiger partial charge in [0.15, 0.2) is 0 Å². The minimum atomic E-state index is -0.106. The second-order valence-electron chi connectivity index (χ2n) is 4.07. The first-order valence-electron chi connectivity index (χ1n) is 6.10. The summed E-state index contributed by atoms with van der Waals surface area (Å²) in [6.07, 6.45) is 0. The molecule has 1 amide bonds. The number of carbonyl (C=O) groups is 1. The molecule has 2 N–H and O–H groups in total. The molecule has 0 saturated heterocycles. The summed E-state index contributed by atoms with van der Waals surface area (Å²) in [6.45, 7) is 2.90. The fraction of sp³-hybridized carbons (Fsp3) is 0.133. The van der Waals surface area contributed by atoms with E-state index in [1.54, 1.807) is 0 Å². The molecule has 0 aliphatic carbocycles. The molecule has 2 aromatic carbocycles. The summed E-state index contributed by atoms with van der Waals surface area (Å²) in [6, 6.07) is 14.9. The third kappa shape index (κ3) is 3.83. The van der Waals surface area contributed by atoms with Crippen LogP contribution in [0.1, 0.15) is 17.3 Å². The van der Waals surface area contributed by atoms with Gasteiger partial charge in [-0.25, -0.2) is 0 Å². The summed E-state index contributed by atoms with van der Waals surface area (Å²) in [5.74, 6) is -0.106. The van der Waals surface area contributed by atoms with Gasteiger partial charge in [0.1, 0.15) is 0 Å². The van der Waals surface area contributed by atoms with E-state index < -0.39 is 0 Å². The Labute approximate surface area is 121 Å². The second kappa shape index (κ2) is 6.38. The van der Waals surface area contributed by atoms with Gasteiger partial charge in [0.25, 0.3) is 5.91 Å². The Kier molecular flexibility index (Phi) is 4.58. The standard InChI is InChI=1S/C15H15BrN2O/c1-2-17-13-7-3-11(4-8-13)15(19)18-14-9-5-12(16)6-10-14/h3-10,17H,2H2,1H3,(H,18,19). The van der Waals surface area contributed by atoms with Crippen LogP contribution in [0.3, 0.4) is 0 Å². The number of anilines is 2. The maximum Gasteiger partial charge on any atom is 0.255 e. The first kappa shape index (κ1) is 13.6. The van der Waals surface area contributed by atoms with Crippen LogP contribution in [0.2, 0.25) is 0 Å². The maximum atomic E-state index is 12.0. The van der Waals surface area contributed by atoms with Crippen LogP contribution in [0.5, 0.6) is 0 Å². The first-order valence-corrected chi connectivity index (χ1v) is 6.89. The Bertz CT molecular complexity index is 549. The van der Waals surface area contributed by atoms with Gasteiger partial charge in [0.2, 0.25) is 0 Å². The van der Waals surface area contributed by atoms with Gasteiger partial charge >= 0.3 is 0 Å². The van der Waals surface area contributed by atoms with E-state index in [0.717, 1.165) is 22.4 Å². The normalized spacial score (nSPS) is 10.0. The Morgan fingerprint density at radius 2 is 1.58 bits per heavy atom. The van der Waals surface area contributed by atoms with Crippen LogP contribution in [0.25, 0.3) is 0 Å². The zero-order valence-electron chi connectivity index (χ0n) is 10.6. The van der Waals surface area contributed by atoms with Crippen LogP contribution < -0.4 is 10.6 Å². The van der Waals surface area contributed by atoms with Crippen molar-refractivity contribution < 1.29 is 4.79 Å². The number of hydrogen-bond donors (Lipinski definition) is 2. The summed E-state index contributed by atoms with van der Waals surface area (Å²) < 4.78 is 0.987. The second-order valence-corrected chi connectivity index (χ2v) is 4.98. The van der Waals surface area contributed by atoms with Crippen molar-refractivity contribution in [1.29, 1.82) is 0 Å². The summed E-state index contributed by atoms with van der Waals surface area (Å²) in [4.78, 5) is 12.0. The van der Waals surface area contributed by atoms with E-state index in [1.165, 1.54) is 0 Å². The predicted molar refractivity (Wildman–Crippen MR) is 82.7 cm³/mol. The van der Waals surface area contributed by atoms with Crippen molar-refractivity contribution in [3.05, 3.63) is 58.6 Å². The SMILES string of the molecule is CCNc1ccc(C(=O)Nc2ccc(Br)cc2)cc1. The summed E-state index contributed by atoms with van der Waals surface area (Å²) in [7, 11) is 0. The highest BCUT2D eigenvalue weighted by Gasteiger charge is 2.05. The molecule has 2 rings (SSSR count). The van der Waals surface area contributed by atoms with Gasteiger partial charge in [-0.05, 0) is 55.5 Å². The lowest BCUT2D eigenvalue weighted by atomic mass is 10.2. The van der Waals surface area contributed by atoms with Crippen molar-refractivity contribution in [2.24, 2.45) is 0 Å². The number of hydrogen-bond acceptors (Lipinski definition) is 2. The molecule has 2 aromatic rings. The molecule has 19 heavy (non-hydrogen) atoms. The first-order chi connectivity index (χ1) is 9.19. The number of rotatable bonds is 4. The van der Waals surface area contributed by atoms with Crippen molar-refractivity contribution in [1.82, 2.24) is 0 Å². The quantitative estimate of drug-likeness (QED) is 0.889. The summed E-state index contributed by atoms with van der Waals surface area (Å²) in [5, 5.41) is 6.05. The molecule has 0 aromatic heterocycles. The maximum absolute atomic E-state index is 12.0. The van der Waals surface area contributed by atoms with Crippen molar-refractivity contribution in [2.75, 3.05) is 17.2 Å². The average Bonchev–Trinajstić information content (AvgIpc) is 2.42. The molecular formula is C15H15BrN2O. The molecule has 0 fully saturated rings. The minimum absolute atomic E-state index is 0.106. The Morgan fingerprint density at radius 1 is 1.00 bits per heavy atom.